The van der Waals surface area contributed by atoms with E-state index < -0.39 is 10.0 Å². The quantitative estimate of drug-likeness (QED) is 0.702. The molecule has 2 rings (SSSR count). The van der Waals surface area contributed by atoms with Gasteiger partial charge < -0.3 is 5.32 Å². The lowest BCUT2D eigenvalue weighted by atomic mass is 10.1. The number of ketones is 1. The molecule has 0 radical (unpaired) electrons. The Kier molecular flexibility index (Phi) is 7.78. The summed E-state index contributed by atoms with van der Waals surface area (Å²) in [6.07, 6.45) is 3.59. The predicted molar refractivity (Wildman–Crippen MR) is 101 cm³/mol. The molecule has 6 nitrogen and oxygen atoms in total. The van der Waals surface area contributed by atoms with E-state index in [0.717, 1.165) is 19.3 Å². The zero-order valence-electron chi connectivity index (χ0n) is 15.3. The van der Waals surface area contributed by atoms with Crippen molar-refractivity contribution < 1.29 is 18.0 Å². The molecule has 1 aromatic carbocycles. The Morgan fingerprint density at radius 3 is 2.58 bits per heavy atom. The summed E-state index contributed by atoms with van der Waals surface area (Å²) < 4.78 is 25.7. The molecule has 0 unspecified atom stereocenters. The highest BCUT2D eigenvalue weighted by Crippen LogP contribution is 2.15. The first-order chi connectivity index (χ1) is 12.4. The second kappa shape index (κ2) is 9.83. The predicted octanol–water partition coefficient (Wildman–Crippen LogP) is 2.36. The van der Waals surface area contributed by atoms with Crippen LogP contribution in [0.5, 0.6) is 0 Å². The molecule has 1 aromatic rings. The number of Topliss-reactive ketones (excluding diaryl/α,β-unsaturated/α-hetero) is 1. The molecule has 1 aliphatic heterocycles. The molecule has 1 aliphatic rings. The maximum absolute atomic E-state index is 12.2. The van der Waals surface area contributed by atoms with Gasteiger partial charge in [0.05, 0.1) is 5.75 Å². The number of benzene rings is 1. The lowest BCUT2D eigenvalue weighted by Gasteiger charge is -2.24. The van der Waals surface area contributed by atoms with Crippen LogP contribution < -0.4 is 5.32 Å². The van der Waals surface area contributed by atoms with Crippen LogP contribution in [0.1, 0.15) is 55.8 Å². The fourth-order valence-electron chi connectivity index (χ4n) is 3.14. The van der Waals surface area contributed by atoms with Gasteiger partial charge in [0, 0.05) is 37.5 Å². The van der Waals surface area contributed by atoms with Gasteiger partial charge >= 0.3 is 0 Å². The van der Waals surface area contributed by atoms with Crippen LogP contribution in [0.4, 0.5) is 0 Å². The van der Waals surface area contributed by atoms with E-state index in [1.165, 1.54) is 4.31 Å². The molecule has 1 atom stereocenters. The molecule has 144 valence electrons. The smallest absolute Gasteiger partial charge is 0.220 e. The first-order valence-corrected chi connectivity index (χ1v) is 10.9. The number of hydrogen-bond acceptors (Lipinski definition) is 4. The number of hydrogen-bond donors (Lipinski definition) is 1. The van der Waals surface area contributed by atoms with E-state index in [-0.39, 0.29) is 29.9 Å². The number of rotatable bonds is 8. The first-order valence-electron chi connectivity index (χ1n) is 9.28. The Morgan fingerprint density at radius 1 is 1.15 bits per heavy atom. The molecule has 1 amide bonds. The summed E-state index contributed by atoms with van der Waals surface area (Å²) in [5.74, 6) is -0.00499. The number of carbonyl (C=O) groups excluding carboxylic acids is 2. The van der Waals surface area contributed by atoms with Crippen molar-refractivity contribution in [3.63, 3.8) is 0 Å². The second-order valence-corrected chi connectivity index (χ2v) is 8.92. The maximum Gasteiger partial charge on any atom is 0.220 e. The Hall–Kier alpha value is -1.73. The summed E-state index contributed by atoms with van der Waals surface area (Å²) in [4.78, 5) is 24.2. The van der Waals surface area contributed by atoms with Crippen molar-refractivity contribution >= 4 is 21.7 Å². The van der Waals surface area contributed by atoms with E-state index in [9.17, 15) is 18.0 Å². The third kappa shape index (κ3) is 6.21. The summed E-state index contributed by atoms with van der Waals surface area (Å²) in [6.45, 7) is 2.50. The van der Waals surface area contributed by atoms with Crippen molar-refractivity contribution in [1.29, 1.82) is 0 Å². The van der Waals surface area contributed by atoms with Gasteiger partial charge in [-0.25, -0.2) is 8.42 Å². The SMILES string of the molecule is CCS(=O)(=O)N1CCCC[C@@H](NC(=O)CCCC(=O)c2ccccc2)C1. The third-order valence-electron chi connectivity index (χ3n) is 4.66. The second-order valence-electron chi connectivity index (χ2n) is 6.66. The van der Waals surface area contributed by atoms with Crippen LogP contribution in [0, 0.1) is 0 Å². The van der Waals surface area contributed by atoms with Crippen molar-refractivity contribution in [2.45, 2.75) is 51.5 Å². The molecule has 0 bridgehead atoms. The van der Waals surface area contributed by atoms with Gasteiger partial charge in [-0.3, -0.25) is 9.59 Å². The normalized spacial score (nSPS) is 18.9. The van der Waals surface area contributed by atoms with E-state index in [1.807, 2.05) is 18.2 Å². The minimum Gasteiger partial charge on any atom is -0.352 e. The van der Waals surface area contributed by atoms with Gasteiger partial charge in [0.15, 0.2) is 5.78 Å². The molecule has 1 saturated heterocycles. The highest BCUT2D eigenvalue weighted by atomic mass is 32.2. The van der Waals surface area contributed by atoms with Crippen molar-refractivity contribution in [1.82, 2.24) is 9.62 Å². The average Bonchev–Trinajstić information content (AvgIpc) is 2.88. The zero-order valence-corrected chi connectivity index (χ0v) is 16.1. The van der Waals surface area contributed by atoms with Gasteiger partial charge in [-0.1, -0.05) is 36.8 Å². The number of sulfonamides is 1. The molecule has 1 fully saturated rings. The van der Waals surface area contributed by atoms with E-state index in [4.69, 9.17) is 0 Å². The molecule has 26 heavy (non-hydrogen) atoms. The van der Waals surface area contributed by atoms with Crippen molar-refractivity contribution in [3.8, 4) is 0 Å². The average molecular weight is 381 g/mol. The van der Waals surface area contributed by atoms with Crippen molar-refractivity contribution in [2.75, 3.05) is 18.8 Å². The van der Waals surface area contributed by atoms with Gasteiger partial charge in [0.2, 0.25) is 15.9 Å². The Balaban J connectivity index is 1.78. The number of carbonyl (C=O) groups is 2. The minimum absolute atomic E-state index is 0.0353. The molecule has 1 N–H and O–H groups in total. The summed E-state index contributed by atoms with van der Waals surface area (Å²) in [6, 6.07) is 8.90. The van der Waals surface area contributed by atoms with Crippen LogP contribution in [0.15, 0.2) is 30.3 Å². The van der Waals surface area contributed by atoms with E-state index >= 15 is 0 Å². The Labute approximate surface area is 156 Å². The lowest BCUT2D eigenvalue weighted by molar-refractivity contribution is -0.121. The van der Waals surface area contributed by atoms with Crippen LogP contribution in [-0.2, 0) is 14.8 Å². The van der Waals surface area contributed by atoms with Gasteiger partial charge in [-0.15, -0.1) is 0 Å². The Morgan fingerprint density at radius 2 is 1.88 bits per heavy atom. The zero-order chi connectivity index (χ0) is 19.0. The molecule has 0 aromatic heterocycles. The lowest BCUT2D eigenvalue weighted by Crippen LogP contribution is -2.45. The molecular formula is C19H28N2O4S. The highest BCUT2D eigenvalue weighted by molar-refractivity contribution is 7.89. The third-order valence-corrected chi connectivity index (χ3v) is 6.51. The van der Waals surface area contributed by atoms with E-state index in [0.29, 0.717) is 31.5 Å². The van der Waals surface area contributed by atoms with Gasteiger partial charge in [-0.05, 0) is 26.2 Å². The van der Waals surface area contributed by atoms with E-state index in [1.54, 1.807) is 19.1 Å². The van der Waals surface area contributed by atoms with Crippen LogP contribution in [0.3, 0.4) is 0 Å². The van der Waals surface area contributed by atoms with Crippen molar-refractivity contribution in [2.24, 2.45) is 0 Å². The topological polar surface area (TPSA) is 83.6 Å². The van der Waals surface area contributed by atoms with Crippen LogP contribution >= 0.6 is 0 Å². The molecule has 1 heterocycles. The fraction of sp³-hybridized carbons (Fsp3) is 0.579. The molecule has 0 spiro atoms. The largest absolute Gasteiger partial charge is 0.352 e. The van der Waals surface area contributed by atoms with E-state index in [2.05, 4.69) is 5.32 Å². The van der Waals surface area contributed by atoms with Crippen LogP contribution in [-0.4, -0.2) is 49.3 Å². The highest BCUT2D eigenvalue weighted by Gasteiger charge is 2.26. The monoisotopic (exact) mass is 380 g/mol. The first kappa shape index (κ1) is 20.6. The van der Waals surface area contributed by atoms with Crippen molar-refractivity contribution in [3.05, 3.63) is 35.9 Å². The maximum atomic E-state index is 12.2. The summed E-state index contributed by atoms with van der Waals surface area (Å²) in [5, 5.41) is 2.94. The molecule has 7 heteroatoms. The van der Waals surface area contributed by atoms with Gasteiger partial charge in [0.25, 0.3) is 0 Å². The standard InChI is InChI=1S/C19H28N2O4S/c1-2-26(24,25)21-14-7-6-11-17(15-21)20-19(23)13-8-12-18(22)16-9-4-3-5-10-16/h3-5,9-10,17H,2,6-8,11-15H2,1H3,(H,20,23)/t17-/m1/s1. The van der Waals surface area contributed by atoms with Crippen LogP contribution in [0.25, 0.3) is 0 Å². The Bertz CT molecular complexity index is 704. The van der Waals surface area contributed by atoms with Gasteiger partial charge in [-0.2, -0.15) is 4.31 Å². The van der Waals surface area contributed by atoms with Gasteiger partial charge in [0.1, 0.15) is 0 Å². The summed E-state index contributed by atoms with van der Waals surface area (Å²) >= 11 is 0. The fourth-order valence-corrected chi connectivity index (χ4v) is 4.32. The number of nitrogens with zero attached hydrogens (tertiary/aromatic N) is 1. The van der Waals surface area contributed by atoms with Crippen LogP contribution in [0.2, 0.25) is 0 Å². The molecular weight excluding hydrogens is 352 g/mol. The molecule has 0 saturated carbocycles. The summed E-state index contributed by atoms with van der Waals surface area (Å²) in [5.41, 5.74) is 0.664. The number of amides is 1. The number of nitrogens with one attached hydrogen (secondary N) is 1. The summed E-state index contributed by atoms with van der Waals surface area (Å²) in [7, 11) is -3.23. The minimum atomic E-state index is -3.23. The molecule has 0 aliphatic carbocycles.